The maximum Gasteiger partial charge on any atom is 0.337 e. The smallest absolute Gasteiger partial charge is 0.337 e. The number of thiophene rings is 1. The minimum atomic E-state index is -0.394. The van der Waals surface area contributed by atoms with E-state index in [9.17, 15) is 14.9 Å². The normalized spacial score (nSPS) is 13.2. The molecule has 0 aliphatic heterocycles. The van der Waals surface area contributed by atoms with E-state index in [-0.39, 0.29) is 23.6 Å². The fraction of sp³-hybridized carbons (Fsp3) is 0.214. The number of nitrogens with zero attached hydrogens (tertiary/aromatic N) is 2. The van der Waals surface area contributed by atoms with E-state index in [4.69, 9.17) is 9.47 Å². The second kappa shape index (κ2) is 10.2. The lowest BCUT2D eigenvalue weighted by Gasteiger charge is -2.10. The third kappa shape index (κ3) is 4.66. The van der Waals surface area contributed by atoms with Gasteiger partial charge >= 0.3 is 5.97 Å². The summed E-state index contributed by atoms with van der Waals surface area (Å²) in [5, 5.41) is 10.6. The number of aryl methyl sites for hydroxylation is 2. The van der Waals surface area contributed by atoms with Crippen LogP contribution in [0.25, 0.3) is 21.9 Å². The van der Waals surface area contributed by atoms with E-state index in [1.165, 1.54) is 12.0 Å². The maximum atomic E-state index is 12.9. The summed E-state index contributed by atoms with van der Waals surface area (Å²) in [4.78, 5) is 34.0. The van der Waals surface area contributed by atoms with Crippen molar-refractivity contribution in [2.75, 3.05) is 7.11 Å². The number of hydrogen-bond donors (Lipinski definition) is 1. The van der Waals surface area contributed by atoms with E-state index >= 15 is 0 Å². The highest BCUT2D eigenvalue weighted by atomic mass is 32.1. The predicted molar refractivity (Wildman–Crippen MR) is 139 cm³/mol. The van der Waals surface area contributed by atoms with Gasteiger partial charge in [0, 0.05) is 10.4 Å². The Morgan fingerprint density at radius 2 is 1.94 bits per heavy atom. The first-order valence-corrected chi connectivity index (χ1v) is 12.4. The number of carbonyl (C=O) groups is 1. The topological polar surface area (TPSA) is 105 Å². The summed E-state index contributed by atoms with van der Waals surface area (Å²) >= 11 is 1.55. The largest absolute Gasteiger partial charge is 0.488 e. The van der Waals surface area contributed by atoms with Crippen molar-refractivity contribution < 1.29 is 14.3 Å². The van der Waals surface area contributed by atoms with E-state index in [1.54, 1.807) is 41.7 Å². The van der Waals surface area contributed by atoms with Gasteiger partial charge in [0.25, 0.3) is 5.56 Å². The van der Waals surface area contributed by atoms with E-state index in [1.807, 2.05) is 24.3 Å². The molecule has 5 rings (SSSR count). The number of methoxy groups -OCH3 is 1. The van der Waals surface area contributed by atoms with Crippen LogP contribution in [-0.2, 0) is 24.2 Å². The van der Waals surface area contributed by atoms with Crippen LogP contribution in [0.2, 0.25) is 0 Å². The Bertz CT molecular complexity index is 1580. The van der Waals surface area contributed by atoms with Crippen LogP contribution in [0, 0.1) is 11.3 Å². The lowest BCUT2D eigenvalue weighted by Crippen LogP contribution is -2.12. The van der Waals surface area contributed by atoms with Gasteiger partial charge in [-0.3, -0.25) is 4.79 Å². The molecule has 0 saturated heterocycles. The van der Waals surface area contributed by atoms with Crippen molar-refractivity contribution in [3.05, 3.63) is 91.8 Å². The van der Waals surface area contributed by atoms with Crippen molar-refractivity contribution in [2.24, 2.45) is 0 Å². The third-order valence-corrected chi connectivity index (χ3v) is 7.37. The SMILES string of the molecule is COC(=O)c1ccc(COc2ccccc2C=C(C#N)c2nc3sc4c(c3c(=O)[nH]2)CCCC4)cc1. The summed E-state index contributed by atoms with van der Waals surface area (Å²) in [5.41, 5.74) is 3.19. The number of para-hydroxylation sites is 1. The molecule has 0 spiro atoms. The first-order chi connectivity index (χ1) is 17.6. The Hall–Kier alpha value is -4.22. The molecule has 0 fully saturated rings. The first-order valence-electron chi connectivity index (χ1n) is 11.6. The van der Waals surface area contributed by atoms with Crippen LogP contribution in [0.3, 0.4) is 0 Å². The highest BCUT2D eigenvalue weighted by Gasteiger charge is 2.20. The average Bonchev–Trinajstić information content (AvgIpc) is 3.30. The Kier molecular flexibility index (Phi) is 6.65. The van der Waals surface area contributed by atoms with Gasteiger partial charge < -0.3 is 14.5 Å². The molecule has 8 heteroatoms. The monoisotopic (exact) mass is 497 g/mol. The van der Waals surface area contributed by atoms with Gasteiger partial charge in [0.15, 0.2) is 5.82 Å². The minimum absolute atomic E-state index is 0.199. The molecule has 1 aliphatic rings. The lowest BCUT2D eigenvalue weighted by molar-refractivity contribution is 0.0600. The number of aromatic amines is 1. The molecule has 7 nitrogen and oxygen atoms in total. The lowest BCUT2D eigenvalue weighted by atomic mass is 9.97. The first kappa shape index (κ1) is 23.5. The zero-order valence-electron chi connectivity index (χ0n) is 19.7. The highest BCUT2D eigenvalue weighted by Crippen LogP contribution is 2.34. The van der Waals surface area contributed by atoms with Gasteiger partial charge in [-0.1, -0.05) is 30.3 Å². The second-order valence-electron chi connectivity index (χ2n) is 8.49. The standard InChI is InChI=1S/C28H23N3O4S/c1-34-28(33)18-12-10-17(11-13-18)16-35-22-8-4-2-6-19(22)14-20(15-29)25-30-26(32)24-21-7-3-5-9-23(21)36-27(24)31-25/h2,4,6,8,10-14H,3,5,7,9,16H2,1H3,(H,30,31,32). The van der Waals surface area contributed by atoms with E-state index in [0.29, 0.717) is 27.1 Å². The molecule has 0 unspecified atom stereocenters. The number of H-pyrrole nitrogens is 1. The minimum Gasteiger partial charge on any atom is -0.488 e. The van der Waals surface area contributed by atoms with Crippen molar-refractivity contribution >= 4 is 39.2 Å². The molecule has 1 aliphatic carbocycles. The fourth-order valence-electron chi connectivity index (χ4n) is 4.35. The zero-order chi connectivity index (χ0) is 25.1. The van der Waals surface area contributed by atoms with Crippen LogP contribution in [-0.4, -0.2) is 23.0 Å². The molecule has 0 atom stereocenters. The number of fused-ring (bicyclic) bond motifs is 3. The van der Waals surface area contributed by atoms with Gasteiger partial charge in [0.05, 0.1) is 23.6 Å². The number of carbonyl (C=O) groups excluding carboxylic acids is 1. The second-order valence-corrected chi connectivity index (χ2v) is 9.57. The van der Waals surface area contributed by atoms with Crippen molar-refractivity contribution in [2.45, 2.75) is 32.3 Å². The Morgan fingerprint density at radius 3 is 2.72 bits per heavy atom. The number of benzene rings is 2. The number of aromatic nitrogens is 2. The molecule has 180 valence electrons. The Labute approximate surface area is 211 Å². The van der Waals surface area contributed by atoms with Crippen molar-refractivity contribution in [3.63, 3.8) is 0 Å². The molecule has 2 aromatic carbocycles. The molecule has 0 amide bonds. The van der Waals surface area contributed by atoms with Crippen molar-refractivity contribution in [1.82, 2.24) is 9.97 Å². The van der Waals surface area contributed by atoms with Crippen molar-refractivity contribution in [1.29, 1.82) is 5.26 Å². The van der Waals surface area contributed by atoms with E-state index in [2.05, 4.69) is 16.0 Å². The number of nitrogens with one attached hydrogen (secondary N) is 1. The van der Waals surface area contributed by atoms with Gasteiger partial charge in [-0.15, -0.1) is 11.3 Å². The highest BCUT2D eigenvalue weighted by molar-refractivity contribution is 7.18. The number of nitriles is 1. The molecule has 0 bridgehead atoms. The molecular weight excluding hydrogens is 474 g/mol. The number of hydrogen-bond acceptors (Lipinski definition) is 7. The van der Waals surface area contributed by atoms with Crippen LogP contribution >= 0.6 is 11.3 Å². The van der Waals surface area contributed by atoms with Gasteiger partial charge in [0.1, 0.15) is 23.3 Å². The molecule has 2 heterocycles. The predicted octanol–water partition coefficient (Wildman–Crippen LogP) is 5.29. The van der Waals surface area contributed by atoms with Crippen molar-refractivity contribution in [3.8, 4) is 11.8 Å². The molecule has 4 aromatic rings. The summed E-state index contributed by atoms with van der Waals surface area (Å²) in [7, 11) is 1.34. The summed E-state index contributed by atoms with van der Waals surface area (Å²) < 4.78 is 10.7. The molecule has 1 N–H and O–H groups in total. The molecular formula is C28H23N3O4S. The van der Waals surface area contributed by atoms with Gasteiger partial charge in [-0.05, 0) is 61.1 Å². The fourth-order valence-corrected chi connectivity index (χ4v) is 5.61. The van der Waals surface area contributed by atoms with Crippen LogP contribution in [0.4, 0.5) is 0 Å². The van der Waals surface area contributed by atoms with Crippen LogP contribution < -0.4 is 10.3 Å². The summed E-state index contributed by atoms with van der Waals surface area (Å²) in [6.45, 7) is 0.274. The third-order valence-electron chi connectivity index (χ3n) is 6.19. The Balaban J connectivity index is 1.42. The van der Waals surface area contributed by atoms with E-state index in [0.717, 1.165) is 36.8 Å². The average molecular weight is 498 g/mol. The van der Waals surface area contributed by atoms with Crippen LogP contribution in [0.1, 0.15) is 50.6 Å². The van der Waals surface area contributed by atoms with Crippen LogP contribution in [0.5, 0.6) is 5.75 Å². The van der Waals surface area contributed by atoms with Crippen LogP contribution in [0.15, 0.2) is 53.3 Å². The van der Waals surface area contributed by atoms with Gasteiger partial charge in [0.2, 0.25) is 0 Å². The summed E-state index contributed by atoms with van der Waals surface area (Å²) in [6, 6.07) is 16.5. The number of ether oxygens (including phenoxy) is 2. The quantitative estimate of drug-likeness (QED) is 0.287. The molecule has 0 saturated carbocycles. The summed E-state index contributed by atoms with van der Waals surface area (Å²) in [5.74, 6) is 0.439. The molecule has 2 aromatic heterocycles. The van der Waals surface area contributed by atoms with Gasteiger partial charge in [-0.2, -0.15) is 5.26 Å². The molecule has 0 radical (unpaired) electrons. The van der Waals surface area contributed by atoms with E-state index < -0.39 is 5.97 Å². The number of esters is 1. The van der Waals surface area contributed by atoms with Gasteiger partial charge in [-0.25, -0.2) is 9.78 Å². The number of rotatable bonds is 6. The molecule has 36 heavy (non-hydrogen) atoms. The number of allylic oxidation sites excluding steroid dienone is 1. The Morgan fingerprint density at radius 1 is 1.17 bits per heavy atom. The maximum absolute atomic E-state index is 12.9. The zero-order valence-corrected chi connectivity index (χ0v) is 20.5. The summed E-state index contributed by atoms with van der Waals surface area (Å²) in [6.07, 6.45) is 5.75.